The highest BCUT2D eigenvalue weighted by molar-refractivity contribution is 9.10. The Kier molecular flexibility index (Phi) is 3.97. The quantitative estimate of drug-likeness (QED) is 0.930. The highest BCUT2D eigenvalue weighted by atomic mass is 79.9. The number of aromatic nitrogens is 2. The molecule has 2 unspecified atom stereocenters. The second-order valence-corrected chi connectivity index (χ2v) is 6.40. The van der Waals surface area contributed by atoms with Crippen LogP contribution in [0.3, 0.4) is 0 Å². The molecule has 1 saturated heterocycles. The number of rotatable bonds is 3. The van der Waals surface area contributed by atoms with E-state index >= 15 is 0 Å². The Hall–Kier alpha value is -0.000000000000000111. The predicted molar refractivity (Wildman–Crippen MR) is 72.8 cm³/mol. The first-order valence-corrected chi connectivity index (χ1v) is 7.55. The van der Waals surface area contributed by atoms with Gasteiger partial charge in [0.25, 0.3) is 0 Å². The van der Waals surface area contributed by atoms with Crippen molar-refractivity contribution in [1.29, 1.82) is 0 Å². The first-order valence-electron chi connectivity index (χ1n) is 5.61. The average molecular weight is 304 g/mol. The molecule has 16 heavy (non-hydrogen) atoms. The predicted octanol–water partition coefficient (Wildman–Crippen LogP) is 2.11. The van der Waals surface area contributed by atoms with Gasteiger partial charge < -0.3 is 5.73 Å². The number of hydrogen-bond acceptors (Lipinski definition) is 3. The standard InChI is InChI=1S/C11H18BrN3S/c1-7-11(12)10(15(2)14-7)5-9(13)8-3-4-16-6-8/h8-9H,3-6,13H2,1-2H3. The fraction of sp³-hybridized carbons (Fsp3) is 0.727. The second-order valence-electron chi connectivity index (χ2n) is 4.46. The van der Waals surface area contributed by atoms with E-state index in [0.29, 0.717) is 5.92 Å². The molecule has 0 aromatic carbocycles. The van der Waals surface area contributed by atoms with E-state index in [9.17, 15) is 0 Å². The maximum atomic E-state index is 6.28. The van der Waals surface area contributed by atoms with Gasteiger partial charge in [-0.25, -0.2) is 0 Å². The lowest BCUT2D eigenvalue weighted by Gasteiger charge is -2.18. The third-order valence-electron chi connectivity index (χ3n) is 3.26. The summed E-state index contributed by atoms with van der Waals surface area (Å²) in [4.78, 5) is 0. The molecule has 1 fully saturated rings. The number of halogens is 1. The Morgan fingerprint density at radius 1 is 1.69 bits per heavy atom. The SMILES string of the molecule is Cc1nn(C)c(CC(N)C2CCSC2)c1Br. The molecule has 0 bridgehead atoms. The van der Waals surface area contributed by atoms with Gasteiger partial charge >= 0.3 is 0 Å². The second kappa shape index (κ2) is 5.10. The van der Waals surface area contributed by atoms with Crippen LogP contribution in [0.1, 0.15) is 17.8 Å². The van der Waals surface area contributed by atoms with Crippen molar-refractivity contribution in [3.63, 3.8) is 0 Å². The molecular formula is C11H18BrN3S. The number of aryl methyl sites for hydroxylation is 2. The number of thioether (sulfide) groups is 1. The molecule has 3 nitrogen and oxygen atoms in total. The van der Waals surface area contributed by atoms with Crippen LogP contribution in [0.2, 0.25) is 0 Å². The zero-order valence-electron chi connectivity index (χ0n) is 9.74. The summed E-state index contributed by atoms with van der Waals surface area (Å²) in [5, 5.41) is 4.40. The Morgan fingerprint density at radius 2 is 2.44 bits per heavy atom. The van der Waals surface area contributed by atoms with Crippen LogP contribution in [0.5, 0.6) is 0 Å². The summed E-state index contributed by atoms with van der Waals surface area (Å²) in [6, 6.07) is 0.265. The monoisotopic (exact) mass is 303 g/mol. The van der Waals surface area contributed by atoms with Gasteiger partial charge in [-0.05, 0) is 46.7 Å². The first-order chi connectivity index (χ1) is 7.59. The summed E-state index contributed by atoms with van der Waals surface area (Å²) < 4.78 is 3.07. The lowest BCUT2D eigenvalue weighted by molar-refractivity contribution is 0.452. The van der Waals surface area contributed by atoms with Crippen LogP contribution in [0.15, 0.2) is 4.47 Å². The molecule has 1 aromatic heterocycles. The molecule has 0 amide bonds. The summed E-state index contributed by atoms with van der Waals surface area (Å²) in [5.41, 5.74) is 8.55. The largest absolute Gasteiger partial charge is 0.327 e. The minimum atomic E-state index is 0.265. The summed E-state index contributed by atoms with van der Waals surface area (Å²) in [6.07, 6.45) is 2.18. The van der Waals surface area contributed by atoms with Crippen molar-refractivity contribution in [2.75, 3.05) is 11.5 Å². The van der Waals surface area contributed by atoms with Crippen LogP contribution in [-0.2, 0) is 13.5 Å². The van der Waals surface area contributed by atoms with E-state index in [1.807, 2.05) is 30.4 Å². The fourth-order valence-electron chi connectivity index (χ4n) is 2.18. The summed E-state index contributed by atoms with van der Waals surface area (Å²) in [6.45, 7) is 2.02. The van der Waals surface area contributed by atoms with Crippen molar-refractivity contribution in [3.05, 3.63) is 15.9 Å². The Morgan fingerprint density at radius 3 is 2.94 bits per heavy atom. The van der Waals surface area contributed by atoms with E-state index in [0.717, 1.165) is 16.6 Å². The topological polar surface area (TPSA) is 43.8 Å². The van der Waals surface area contributed by atoms with E-state index in [1.165, 1.54) is 23.6 Å². The molecule has 2 heterocycles. The molecule has 2 N–H and O–H groups in total. The van der Waals surface area contributed by atoms with Gasteiger partial charge in [0, 0.05) is 19.5 Å². The lowest BCUT2D eigenvalue weighted by Crippen LogP contribution is -2.33. The zero-order valence-corrected chi connectivity index (χ0v) is 12.1. The van der Waals surface area contributed by atoms with Crippen molar-refractivity contribution in [2.45, 2.75) is 25.8 Å². The Balaban J connectivity index is 2.07. The highest BCUT2D eigenvalue weighted by Crippen LogP contribution is 2.28. The number of hydrogen-bond donors (Lipinski definition) is 1. The highest BCUT2D eigenvalue weighted by Gasteiger charge is 2.24. The van der Waals surface area contributed by atoms with E-state index in [2.05, 4.69) is 21.0 Å². The van der Waals surface area contributed by atoms with E-state index < -0.39 is 0 Å². The fourth-order valence-corrected chi connectivity index (χ4v) is 4.03. The van der Waals surface area contributed by atoms with Gasteiger partial charge in [0.15, 0.2) is 0 Å². The molecule has 0 spiro atoms. The van der Waals surface area contributed by atoms with E-state index in [1.54, 1.807) is 0 Å². The molecule has 0 saturated carbocycles. The van der Waals surface area contributed by atoms with Crippen LogP contribution in [-0.4, -0.2) is 27.3 Å². The minimum absolute atomic E-state index is 0.265. The van der Waals surface area contributed by atoms with Crippen LogP contribution in [0.4, 0.5) is 0 Å². The molecule has 0 aliphatic carbocycles. The van der Waals surface area contributed by atoms with Crippen molar-refractivity contribution >= 4 is 27.7 Å². The Labute approximate surface area is 109 Å². The van der Waals surface area contributed by atoms with Gasteiger partial charge in [-0.3, -0.25) is 4.68 Å². The molecule has 1 aromatic rings. The molecule has 5 heteroatoms. The average Bonchev–Trinajstić information content (AvgIpc) is 2.83. The van der Waals surface area contributed by atoms with Crippen molar-refractivity contribution in [2.24, 2.45) is 18.7 Å². The third-order valence-corrected chi connectivity index (χ3v) is 5.48. The van der Waals surface area contributed by atoms with Crippen LogP contribution < -0.4 is 5.73 Å². The summed E-state index contributed by atoms with van der Waals surface area (Å²) >= 11 is 5.61. The van der Waals surface area contributed by atoms with Crippen molar-refractivity contribution < 1.29 is 0 Å². The van der Waals surface area contributed by atoms with Crippen LogP contribution in [0.25, 0.3) is 0 Å². The number of nitrogens with two attached hydrogens (primary N) is 1. The maximum absolute atomic E-state index is 6.28. The Bertz CT molecular complexity index is 372. The maximum Gasteiger partial charge on any atom is 0.0738 e. The van der Waals surface area contributed by atoms with Gasteiger partial charge in [-0.15, -0.1) is 0 Å². The van der Waals surface area contributed by atoms with Gasteiger partial charge in [-0.1, -0.05) is 0 Å². The minimum Gasteiger partial charge on any atom is -0.327 e. The molecule has 2 atom stereocenters. The number of nitrogens with zero attached hydrogens (tertiary/aromatic N) is 2. The first kappa shape index (κ1) is 12.5. The normalized spacial score (nSPS) is 22.6. The van der Waals surface area contributed by atoms with Crippen LogP contribution in [0, 0.1) is 12.8 Å². The third kappa shape index (κ3) is 2.46. The van der Waals surface area contributed by atoms with Gasteiger partial charge in [-0.2, -0.15) is 16.9 Å². The molecular weight excluding hydrogens is 286 g/mol. The van der Waals surface area contributed by atoms with Gasteiger partial charge in [0.1, 0.15) is 0 Å². The summed E-state index contributed by atoms with van der Waals surface area (Å²) in [5.74, 6) is 3.16. The molecule has 90 valence electrons. The lowest BCUT2D eigenvalue weighted by atomic mass is 9.96. The van der Waals surface area contributed by atoms with Crippen molar-refractivity contribution in [1.82, 2.24) is 9.78 Å². The van der Waals surface area contributed by atoms with Gasteiger partial charge in [0.2, 0.25) is 0 Å². The molecule has 1 aliphatic heterocycles. The summed E-state index contributed by atoms with van der Waals surface area (Å²) in [7, 11) is 1.99. The van der Waals surface area contributed by atoms with Gasteiger partial charge in [0.05, 0.1) is 15.9 Å². The smallest absolute Gasteiger partial charge is 0.0738 e. The molecule has 0 radical (unpaired) electrons. The zero-order chi connectivity index (χ0) is 11.7. The van der Waals surface area contributed by atoms with E-state index in [-0.39, 0.29) is 6.04 Å². The van der Waals surface area contributed by atoms with Crippen molar-refractivity contribution in [3.8, 4) is 0 Å². The van der Waals surface area contributed by atoms with Crippen LogP contribution >= 0.6 is 27.7 Å². The molecule has 2 rings (SSSR count). The van der Waals surface area contributed by atoms with E-state index in [4.69, 9.17) is 5.73 Å². The molecule has 1 aliphatic rings.